The van der Waals surface area contributed by atoms with Crippen molar-refractivity contribution in [2.24, 2.45) is 0 Å². The van der Waals surface area contributed by atoms with Crippen LogP contribution in [0.15, 0.2) is 43.0 Å². The summed E-state index contributed by atoms with van der Waals surface area (Å²) in [6.45, 7) is 0. The number of halogens is 2. The molecule has 21 heavy (non-hydrogen) atoms. The first-order chi connectivity index (χ1) is 10.2. The van der Waals surface area contributed by atoms with E-state index in [2.05, 4.69) is 15.0 Å². The van der Waals surface area contributed by atoms with E-state index in [9.17, 15) is 8.78 Å². The fourth-order valence-corrected chi connectivity index (χ4v) is 2.09. The van der Waals surface area contributed by atoms with Crippen molar-refractivity contribution in [2.45, 2.75) is 0 Å². The zero-order valence-corrected chi connectivity index (χ0v) is 11.1. The maximum absolute atomic E-state index is 14.1. The van der Waals surface area contributed by atoms with E-state index < -0.39 is 11.6 Å². The van der Waals surface area contributed by atoms with Crippen molar-refractivity contribution >= 4 is 0 Å². The summed E-state index contributed by atoms with van der Waals surface area (Å²) >= 11 is 0. The van der Waals surface area contributed by atoms with E-state index >= 15 is 0 Å². The van der Waals surface area contributed by atoms with Gasteiger partial charge in [0, 0.05) is 11.8 Å². The van der Waals surface area contributed by atoms with Crippen LogP contribution < -0.4 is 4.74 Å². The minimum atomic E-state index is -0.983. The first-order valence-corrected chi connectivity index (χ1v) is 6.18. The summed E-state index contributed by atoms with van der Waals surface area (Å²) in [5.74, 6) is -1.70. The predicted molar refractivity (Wildman–Crippen MR) is 73.7 cm³/mol. The van der Waals surface area contributed by atoms with E-state index in [1.807, 2.05) is 0 Å². The molecule has 0 spiro atoms. The molecular formula is C15H11F2N3O. The molecule has 2 aromatic heterocycles. The molecule has 3 rings (SSSR count). The van der Waals surface area contributed by atoms with Crippen LogP contribution in [0.2, 0.25) is 0 Å². The van der Waals surface area contributed by atoms with Gasteiger partial charge in [-0.25, -0.2) is 13.8 Å². The minimum absolute atomic E-state index is 0.00105. The second-order valence-electron chi connectivity index (χ2n) is 4.33. The maximum Gasteiger partial charge on any atom is 0.171 e. The van der Waals surface area contributed by atoms with E-state index in [0.29, 0.717) is 0 Å². The fourth-order valence-electron chi connectivity index (χ4n) is 2.09. The molecule has 2 heterocycles. The van der Waals surface area contributed by atoms with Crippen LogP contribution in [0.4, 0.5) is 8.78 Å². The van der Waals surface area contributed by atoms with Gasteiger partial charge in [0.25, 0.3) is 0 Å². The molecule has 0 unspecified atom stereocenters. The molecule has 3 aromatic rings. The number of benzene rings is 1. The minimum Gasteiger partial charge on any atom is -0.496 e. The molecule has 1 aromatic carbocycles. The Balaban J connectivity index is 2.18. The van der Waals surface area contributed by atoms with E-state index in [-0.39, 0.29) is 17.0 Å². The van der Waals surface area contributed by atoms with Gasteiger partial charge in [-0.1, -0.05) is 0 Å². The van der Waals surface area contributed by atoms with Crippen LogP contribution in [0.25, 0.3) is 22.5 Å². The van der Waals surface area contributed by atoms with Crippen LogP contribution in [-0.4, -0.2) is 22.1 Å². The summed E-state index contributed by atoms with van der Waals surface area (Å²) in [7, 11) is 1.40. The van der Waals surface area contributed by atoms with Crippen LogP contribution in [-0.2, 0) is 0 Å². The molecule has 6 heteroatoms. The van der Waals surface area contributed by atoms with Gasteiger partial charge in [-0.05, 0) is 24.3 Å². The number of aromatic nitrogens is 3. The van der Waals surface area contributed by atoms with Crippen molar-refractivity contribution in [1.29, 1.82) is 0 Å². The molecule has 0 aliphatic carbocycles. The highest BCUT2D eigenvalue weighted by Crippen LogP contribution is 2.34. The zero-order valence-electron chi connectivity index (χ0n) is 11.1. The molecule has 0 aliphatic heterocycles. The lowest BCUT2D eigenvalue weighted by Gasteiger charge is -2.10. The number of nitrogens with zero attached hydrogens (tertiary/aromatic N) is 2. The third-order valence-electron chi connectivity index (χ3n) is 3.10. The monoisotopic (exact) mass is 287 g/mol. The first kappa shape index (κ1) is 13.2. The van der Waals surface area contributed by atoms with Gasteiger partial charge >= 0.3 is 0 Å². The number of ether oxygens (including phenoxy) is 1. The number of H-pyrrole nitrogens is 1. The first-order valence-electron chi connectivity index (χ1n) is 6.18. The number of hydrogen-bond acceptors (Lipinski definition) is 3. The molecule has 0 saturated heterocycles. The van der Waals surface area contributed by atoms with Crippen LogP contribution in [0, 0.1) is 11.6 Å². The lowest BCUT2D eigenvalue weighted by atomic mass is 10.1. The molecule has 0 aliphatic rings. The van der Waals surface area contributed by atoms with Crippen molar-refractivity contribution in [3.05, 3.63) is 54.6 Å². The number of methoxy groups -OCH3 is 1. The highest BCUT2D eigenvalue weighted by atomic mass is 19.2. The topological polar surface area (TPSA) is 50.8 Å². The summed E-state index contributed by atoms with van der Waals surface area (Å²) in [6.07, 6.45) is 4.70. The van der Waals surface area contributed by atoms with Crippen molar-refractivity contribution in [1.82, 2.24) is 15.0 Å². The second-order valence-corrected chi connectivity index (χ2v) is 4.33. The van der Waals surface area contributed by atoms with Gasteiger partial charge in [0.05, 0.1) is 36.6 Å². The van der Waals surface area contributed by atoms with Gasteiger partial charge in [0.2, 0.25) is 0 Å². The molecule has 0 radical (unpaired) electrons. The molecular weight excluding hydrogens is 276 g/mol. The van der Waals surface area contributed by atoms with E-state index in [4.69, 9.17) is 4.74 Å². The van der Waals surface area contributed by atoms with Crippen molar-refractivity contribution in [3.8, 4) is 28.3 Å². The summed E-state index contributed by atoms with van der Waals surface area (Å²) in [5.41, 5.74) is 1.81. The van der Waals surface area contributed by atoms with Crippen molar-refractivity contribution in [2.75, 3.05) is 7.11 Å². The number of imidazole rings is 1. The molecule has 0 bridgehead atoms. The molecule has 4 nitrogen and oxygen atoms in total. The number of aromatic amines is 1. The fraction of sp³-hybridized carbons (Fsp3) is 0.0667. The molecule has 0 amide bonds. The summed E-state index contributed by atoms with van der Waals surface area (Å²) < 4.78 is 32.7. The Bertz CT molecular complexity index is 773. The van der Waals surface area contributed by atoms with Gasteiger partial charge in [0.1, 0.15) is 5.75 Å². The molecule has 0 atom stereocenters. The Kier molecular flexibility index (Phi) is 3.35. The maximum atomic E-state index is 14.1. The Morgan fingerprint density at radius 3 is 2.76 bits per heavy atom. The van der Waals surface area contributed by atoms with Gasteiger partial charge in [-0.2, -0.15) is 0 Å². The van der Waals surface area contributed by atoms with Crippen LogP contribution in [0.3, 0.4) is 0 Å². The number of rotatable bonds is 3. The average Bonchev–Trinajstić information content (AvgIpc) is 3.04. The van der Waals surface area contributed by atoms with Crippen LogP contribution in [0.5, 0.6) is 5.75 Å². The third kappa shape index (κ3) is 2.35. The summed E-state index contributed by atoms with van der Waals surface area (Å²) in [4.78, 5) is 11.0. The van der Waals surface area contributed by atoms with E-state index in [0.717, 1.165) is 17.3 Å². The van der Waals surface area contributed by atoms with Gasteiger partial charge in [0.15, 0.2) is 11.6 Å². The van der Waals surface area contributed by atoms with E-state index in [1.165, 1.54) is 19.4 Å². The third-order valence-corrected chi connectivity index (χ3v) is 3.10. The number of nitrogens with one attached hydrogen (secondary N) is 1. The Morgan fingerprint density at radius 1 is 1.19 bits per heavy atom. The Morgan fingerprint density at radius 2 is 2.05 bits per heavy atom. The smallest absolute Gasteiger partial charge is 0.171 e. The van der Waals surface area contributed by atoms with Crippen LogP contribution in [0.1, 0.15) is 0 Å². The van der Waals surface area contributed by atoms with E-state index in [1.54, 1.807) is 24.7 Å². The van der Waals surface area contributed by atoms with Gasteiger partial charge in [-0.15, -0.1) is 0 Å². The highest BCUT2D eigenvalue weighted by molar-refractivity contribution is 5.72. The quantitative estimate of drug-likeness (QED) is 0.803. The van der Waals surface area contributed by atoms with Crippen LogP contribution >= 0.6 is 0 Å². The Hall–Kier alpha value is -2.76. The standard InChI is InChI=1S/C15H11F2N3O/c1-21-13-3-2-10(16)15(17)14(13)11-6-9(4-5-19-11)12-7-18-8-20-12/h2-8H,1H3,(H,18,20). The SMILES string of the molecule is COc1ccc(F)c(F)c1-c1cc(-c2cnc[nH]2)ccn1. The molecule has 0 saturated carbocycles. The van der Waals surface area contributed by atoms with Gasteiger partial charge in [-0.3, -0.25) is 4.98 Å². The zero-order chi connectivity index (χ0) is 14.8. The van der Waals surface area contributed by atoms with Crippen molar-refractivity contribution < 1.29 is 13.5 Å². The molecule has 1 N–H and O–H groups in total. The lowest BCUT2D eigenvalue weighted by molar-refractivity contribution is 0.409. The van der Waals surface area contributed by atoms with Gasteiger partial charge < -0.3 is 9.72 Å². The lowest BCUT2D eigenvalue weighted by Crippen LogP contribution is -1.97. The molecule has 106 valence electrons. The summed E-state index contributed by atoms with van der Waals surface area (Å²) in [6, 6.07) is 5.79. The summed E-state index contributed by atoms with van der Waals surface area (Å²) in [5, 5.41) is 0. The normalized spacial score (nSPS) is 10.6. The number of hydrogen-bond donors (Lipinski definition) is 1. The predicted octanol–water partition coefficient (Wildman–Crippen LogP) is 3.43. The molecule has 0 fully saturated rings. The highest BCUT2D eigenvalue weighted by Gasteiger charge is 2.17. The largest absolute Gasteiger partial charge is 0.496 e. The second kappa shape index (κ2) is 5.32. The average molecular weight is 287 g/mol. The Labute approximate surface area is 119 Å². The number of pyridine rings is 1. The van der Waals surface area contributed by atoms with Crippen molar-refractivity contribution in [3.63, 3.8) is 0 Å².